The van der Waals surface area contributed by atoms with Gasteiger partial charge in [-0.2, -0.15) is 5.26 Å². The highest BCUT2D eigenvalue weighted by molar-refractivity contribution is 5.31. The minimum Gasteiger partial charge on any atom is -0.387 e. The van der Waals surface area contributed by atoms with E-state index in [4.69, 9.17) is 5.26 Å². The summed E-state index contributed by atoms with van der Waals surface area (Å²) in [4.78, 5) is 0. The van der Waals surface area contributed by atoms with Crippen LogP contribution in [0.4, 0.5) is 0 Å². The van der Waals surface area contributed by atoms with Crippen LogP contribution in [-0.2, 0) is 0 Å². The fraction of sp³-hybridized carbons (Fsp3) is 0.462. The molecule has 0 amide bonds. The van der Waals surface area contributed by atoms with Gasteiger partial charge in [0.15, 0.2) is 0 Å². The van der Waals surface area contributed by atoms with Crippen molar-refractivity contribution in [3.63, 3.8) is 0 Å². The van der Waals surface area contributed by atoms with Crippen molar-refractivity contribution in [1.82, 2.24) is 0 Å². The van der Waals surface area contributed by atoms with Crippen molar-refractivity contribution in [3.8, 4) is 6.07 Å². The third kappa shape index (κ3) is 2.57. The van der Waals surface area contributed by atoms with Gasteiger partial charge in [0.05, 0.1) is 18.1 Å². The molecule has 2 atom stereocenters. The molecule has 0 aromatic heterocycles. The normalized spacial score (nSPS) is 14.3. The van der Waals surface area contributed by atoms with Crippen molar-refractivity contribution in [2.75, 3.05) is 0 Å². The summed E-state index contributed by atoms with van der Waals surface area (Å²) >= 11 is 0. The van der Waals surface area contributed by atoms with Gasteiger partial charge in [0.2, 0.25) is 0 Å². The van der Waals surface area contributed by atoms with E-state index in [1.807, 2.05) is 39.0 Å². The van der Waals surface area contributed by atoms with Crippen LogP contribution in [0.1, 0.15) is 36.1 Å². The molecule has 1 rings (SSSR count). The first kappa shape index (κ1) is 11.7. The lowest BCUT2D eigenvalue weighted by Gasteiger charge is -2.16. The van der Waals surface area contributed by atoms with Crippen LogP contribution in [-0.4, -0.2) is 5.11 Å². The first-order valence-electron chi connectivity index (χ1n) is 5.25. The molecule has 0 bridgehead atoms. The van der Waals surface area contributed by atoms with Gasteiger partial charge in [-0.05, 0) is 37.0 Å². The van der Waals surface area contributed by atoms with Gasteiger partial charge in [0.1, 0.15) is 0 Å². The van der Waals surface area contributed by atoms with Crippen LogP contribution in [0.25, 0.3) is 0 Å². The minimum atomic E-state index is -0.667. The second-order valence-corrected chi connectivity index (χ2v) is 3.93. The average molecular weight is 203 g/mol. The maximum Gasteiger partial charge on any atom is 0.0948 e. The van der Waals surface area contributed by atoms with E-state index in [0.29, 0.717) is 6.42 Å². The summed E-state index contributed by atoms with van der Waals surface area (Å²) in [6.07, 6.45) is 0.00391. The Hall–Kier alpha value is -1.33. The molecule has 0 fully saturated rings. The first-order chi connectivity index (χ1) is 7.10. The summed E-state index contributed by atoms with van der Waals surface area (Å²) in [5, 5.41) is 18.8. The molecule has 0 spiro atoms. The highest BCUT2D eigenvalue weighted by Crippen LogP contribution is 2.25. The number of rotatable bonds is 3. The van der Waals surface area contributed by atoms with E-state index >= 15 is 0 Å². The van der Waals surface area contributed by atoms with Crippen molar-refractivity contribution in [1.29, 1.82) is 5.26 Å². The van der Waals surface area contributed by atoms with Gasteiger partial charge in [-0.15, -0.1) is 0 Å². The van der Waals surface area contributed by atoms with Gasteiger partial charge in [-0.3, -0.25) is 0 Å². The van der Waals surface area contributed by atoms with E-state index in [0.717, 1.165) is 11.1 Å². The molecule has 1 aromatic carbocycles. The number of aliphatic hydroxyl groups excluding tert-OH is 1. The summed E-state index contributed by atoms with van der Waals surface area (Å²) in [5.74, 6) is -0.313. The van der Waals surface area contributed by atoms with Crippen LogP contribution < -0.4 is 0 Å². The molecular formula is C13H17NO. The van der Waals surface area contributed by atoms with E-state index in [-0.39, 0.29) is 5.92 Å². The predicted molar refractivity (Wildman–Crippen MR) is 60.3 cm³/mol. The quantitative estimate of drug-likeness (QED) is 0.820. The van der Waals surface area contributed by atoms with Crippen molar-refractivity contribution in [2.24, 2.45) is 5.92 Å². The number of benzene rings is 1. The number of aliphatic hydroxyl groups is 1. The number of nitrogens with zero attached hydrogens (tertiary/aromatic N) is 1. The summed E-state index contributed by atoms with van der Waals surface area (Å²) in [6, 6.07) is 7.97. The molecule has 1 aromatic rings. The fourth-order valence-corrected chi connectivity index (χ4v) is 1.57. The van der Waals surface area contributed by atoms with E-state index < -0.39 is 6.10 Å². The smallest absolute Gasteiger partial charge is 0.0948 e. The molecule has 1 N–H and O–H groups in total. The Morgan fingerprint density at radius 3 is 2.47 bits per heavy atom. The third-order valence-electron chi connectivity index (χ3n) is 2.86. The second-order valence-electron chi connectivity index (χ2n) is 3.93. The second kappa shape index (κ2) is 4.95. The highest BCUT2D eigenvalue weighted by atomic mass is 16.3. The van der Waals surface area contributed by atoms with Gasteiger partial charge in [-0.1, -0.05) is 25.1 Å². The Morgan fingerprint density at radius 1 is 1.33 bits per heavy atom. The molecule has 0 aliphatic rings. The van der Waals surface area contributed by atoms with Crippen LogP contribution in [0.15, 0.2) is 18.2 Å². The minimum absolute atomic E-state index is 0.313. The standard InChI is InChI=1S/C13H17NO/c1-4-11(8-14)13(15)12-6-5-9(2)10(3)7-12/h5-7,11,13,15H,4H2,1-3H3. The number of hydrogen-bond donors (Lipinski definition) is 1. The topological polar surface area (TPSA) is 44.0 Å². The third-order valence-corrected chi connectivity index (χ3v) is 2.86. The largest absolute Gasteiger partial charge is 0.387 e. The van der Waals surface area contributed by atoms with Gasteiger partial charge in [0.25, 0.3) is 0 Å². The summed E-state index contributed by atoms with van der Waals surface area (Å²) in [5.41, 5.74) is 3.20. The van der Waals surface area contributed by atoms with Gasteiger partial charge in [0, 0.05) is 0 Å². The van der Waals surface area contributed by atoms with Gasteiger partial charge < -0.3 is 5.11 Å². The molecule has 0 heterocycles. The molecule has 0 saturated carbocycles. The lowest BCUT2D eigenvalue weighted by atomic mass is 9.93. The summed E-state index contributed by atoms with van der Waals surface area (Å²) in [6.45, 7) is 5.96. The maximum atomic E-state index is 9.97. The van der Waals surface area contributed by atoms with Crippen LogP contribution in [0.3, 0.4) is 0 Å². The average Bonchev–Trinajstić information content (AvgIpc) is 2.23. The molecule has 0 aliphatic carbocycles. The molecule has 80 valence electrons. The Balaban J connectivity index is 2.97. The van der Waals surface area contributed by atoms with Crippen LogP contribution >= 0.6 is 0 Å². The van der Waals surface area contributed by atoms with Crippen LogP contribution in [0, 0.1) is 31.1 Å². The molecular weight excluding hydrogens is 186 g/mol. The monoisotopic (exact) mass is 203 g/mol. The molecule has 2 nitrogen and oxygen atoms in total. The Bertz CT molecular complexity index is 379. The zero-order chi connectivity index (χ0) is 11.4. The molecule has 0 saturated heterocycles. The molecule has 0 radical (unpaired) electrons. The molecule has 15 heavy (non-hydrogen) atoms. The van der Waals surface area contributed by atoms with Gasteiger partial charge in [-0.25, -0.2) is 0 Å². The van der Waals surface area contributed by atoms with E-state index in [1.165, 1.54) is 5.56 Å². The summed E-state index contributed by atoms with van der Waals surface area (Å²) in [7, 11) is 0. The zero-order valence-electron chi connectivity index (χ0n) is 9.49. The van der Waals surface area contributed by atoms with Crippen LogP contribution in [0.5, 0.6) is 0 Å². The number of nitriles is 1. The molecule has 2 unspecified atom stereocenters. The highest BCUT2D eigenvalue weighted by Gasteiger charge is 2.18. The molecule has 0 aliphatic heterocycles. The first-order valence-corrected chi connectivity index (χ1v) is 5.25. The van der Waals surface area contributed by atoms with Crippen molar-refractivity contribution >= 4 is 0 Å². The Labute approximate surface area is 91.2 Å². The number of aryl methyl sites for hydroxylation is 2. The maximum absolute atomic E-state index is 9.97. The van der Waals surface area contributed by atoms with E-state index in [9.17, 15) is 5.11 Å². The lowest BCUT2D eigenvalue weighted by molar-refractivity contribution is 0.132. The van der Waals surface area contributed by atoms with E-state index in [1.54, 1.807) is 0 Å². The SMILES string of the molecule is CCC(C#N)C(O)c1ccc(C)c(C)c1. The Kier molecular flexibility index (Phi) is 3.88. The molecule has 2 heteroatoms. The predicted octanol–water partition coefficient (Wildman–Crippen LogP) is 2.89. The van der Waals surface area contributed by atoms with E-state index in [2.05, 4.69) is 6.07 Å². The summed E-state index contributed by atoms with van der Waals surface area (Å²) < 4.78 is 0. The number of hydrogen-bond acceptors (Lipinski definition) is 2. The Morgan fingerprint density at radius 2 is 2.00 bits per heavy atom. The van der Waals surface area contributed by atoms with Crippen molar-refractivity contribution in [3.05, 3.63) is 34.9 Å². The zero-order valence-corrected chi connectivity index (χ0v) is 9.49. The van der Waals surface area contributed by atoms with Crippen molar-refractivity contribution < 1.29 is 5.11 Å². The van der Waals surface area contributed by atoms with Gasteiger partial charge >= 0.3 is 0 Å². The lowest BCUT2D eigenvalue weighted by Crippen LogP contribution is -2.10. The van der Waals surface area contributed by atoms with Crippen LogP contribution in [0.2, 0.25) is 0 Å². The van der Waals surface area contributed by atoms with Crippen molar-refractivity contribution in [2.45, 2.75) is 33.3 Å². The fourth-order valence-electron chi connectivity index (χ4n) is 1.57.